The summed E-state index contributed by atoms with van der Waals surface area (Å²) in [5.41, 5.74) is 0.722. The zero-order valence-electron chi connectivity index (χ0n) is 10.2. The van der Waals surface area contributed by atoms with E-state index in [-0.39, 0.29) is 5.91 Å². The molecular weight excluding hydrogens is 334 g/mol. The van der Waals surface area contributed by atoms with Gasteiger partial charge in [0.15, 0.2) is 5.96 Å². The lowest BCUT2D eigenvalue weighted by molar-refractivity contribution is -0.120. The topological polar surface area (TPSA) is 62.7 Å². The van der Waals surface area contributed by atoms with Gasteiger partial charge < -0.3 is 10.1 Å². The highest BCUT2D eigenvalue weighted by atomic mass is 79.9. The Morgan fingerprint density at radius 1 is 1.53 bits per heavy atom. The number of aliphatic imine (C=N–C) groups is 1. The Morgan fingerprint density at radius 2 is 2.32 bits per heavy atom. The van der Waals surface area contributed by atoms with E-state index >= 15 is 0 Å². The molecule has 2 N–H and O–H groups in total. The summed E-state index contributed by atoms with van der Waals surface area (Å²) < 4.78 is 5.77. The lowest BCUT2D eigenvalue weighted by Crippen LogP contribution is -2.26. The van der Waals surface area contributed by atoms with Gasteiger partial charge in [0.2, 0.25) is 0 Å². The molecule has 2 rings (SSSR count). The van der Waals surface area contributed by atoms with Crippen molar-refractivity contribution >= 4 is 39.4 Å². The highest BCUT2D eigenvalue weighted by Gasteiger charge is 2.30. The first kappa shape index (κ1) is 14.3. The highest BCUT2D eigenvalue weighted by molar-refractivity contribution is 9.10. The number of rotatable bonds is 4. The van der Waals surface area contributed by atoms with Crippen LogP contribution in [0.2, 0.25) is 5.02 Å². The molecule has 1 saturated heterocycles. The summed E-state index contributed by atoms with van der Waals surface area (Å²) in [7, 11) is 1.60. The third-order valence-electron chi connectivity index (χ3n) is 2.62. The van der Waals surface area contributed by atoms with E-state index < -0.39 is 6.04 Å². The van der Waals surface area contributed by atoms with E-state index in [4.69, 9.17) is 16.3 Å². The van der Waals surface area contributed by atoms with Crippen LogP contribution >= 0.6 is 27.5 Å². The summed E-state index contributed by atoms with van der Waals surface area (Å²) in [4.78, 5) is 16.1. The number of benzene rings is 1. The van der Waals surface area contributed by atoms with Crippen LogP contribution in [0.25, 0.3) is 0 Å². The summed E-state index contributed by atoms with van der Waals surface area (Å²) in [6, 6.07) is 4.89. The molecule has 1 unspecified atom stereocenters. The summed E-state index contributed by atoms with van der Waals surface area (Å²) >= 11 is 9.47. The molecule has 1 aromatic carbocycles. The summed E-state index contributed by atoms with van der Waals surface area (Å²) in [5, 5.41) is 6.22. The highest BCUT2D eigenvalue weighted by Crippen LogP contribution is 2.27. The van der Waals surface area contributed by atoms with Gasteiger partial charge in [0, 0.05) is 22.2 Å². The lowest BCUT2D eigenvalue weighted by atomic mass is 10.1. The minimum atomic E-state index is -0.512. The summed E-state index contributed by atoms with van der Waals surface area (Å²) in [6.45, 7) is 0.991. The van der Waals surface area contributed by atoms with Crippen LogP contribution in [0.15, 0.2) is 27.7 Å². The lowest BCUT2D eigenvalue weighted by Gasteiger charge is -2.10. The standard InChI is InChI=1S/C12H13BrClN3O2/c1-19-5-4-15-12-16-10(11(18)17-12)8-3-2-7(13)6-9(8)14/h2-3,6,10H,4-5H2,1H3,(H2,15,16,17,18). The third-order valence-corrected chi connectivity index (χ3v) is 3.44. The number of halogens is 2. The van der Waals surface area contributed by atoms with E-state index in [9.17, 15) is 4.79 Å². The van der Waals surface area contributed by atoms with E-state index in [1.165, 1.54) is 0 Å². The number of methoxy groups -OCH3 is 1. The van der Waals surface area contributed by atoms with Gasteiger partial charge in [0.05, 0.1) is 13.2 Å². The number of guanidine groups is 1. The number of carbonyl (C=O) groups is 1. The monoisotopic (exact) mass is 345 g/mol. The molecule has 5 nitrogen and oxygen atoms in total. The van der Waals surface area contributed by atoms with Crippen LogP contribution in [-0.4, -0.2) is 32.1 Å². The largest absolute Gasteiger partial charge is 0.383 e. The number of hydrogen-bond donors (Lipinski definition) is 2. The number of hydrogen-bond acceptors (Lipinski definition) is 3. The molecule has 1 aliphatic rings. The van der Waals surface area contributed by atoms with E-state index in [1.807, 2.05) is 12.1 Å². The molecule has 0 saturated carbocycles. The molecule has 1 atom stereocenters. The van der Waals surface area contributed by atoms with E-state index in [0.717, 1.165) is 10.0 Å². The van der Waals surface area contributed by atoms with E-state index in [1.54, 1.807) is 13.2 Å². The third kappa shape index (κ3) is 3.46. The second-order valence-electron chi connectivity index (χ2n) is 3.96. The van der Waals surface area contributed by atoms with Crippen LogP contribution < -0.4 is 10.6 Å². The van der Waals surface area contributed by atoms with Crippen molar-refractivity contribution in [1.29, 1.82) is 0 Å². The SMILES string of the molecule is COCCN=C1NC(=O)C(c2ccc(Br)cc2Cl)N1. The molecule has 102 valence electrons. The minimum absolute atomic E-state index is 0.166. The smallest absolute Gasteiger partial charge is 0.253 e. The molecule has 1 heterocycles. The number of ether oxygens (including phenoxy) is 1. The molecule has 1 aromatic rings. The Kier molecular flexibility index (Phi) is 4.79. The van der Waals surface area contributed by atoms with E-state index in [0.29, 0.717) is 24.1 Å². The first-order valence-electron chi connectivity index (χ1n) is 5.67. The molecule has 0 bridgehead atoms. The van der Waals surface area contributed by atoms with Crippen LogP contribution in [0.5, 0.6) is 0 Å². The fourth-order valence-corrected chi connectivity index (χ4v) is 2.50. The van der Waals surface area contributed by atoms with Crippen molar-refractivity contribution in [1.82, 2.24) is 10.6 Å². The van der Waals surface area contributed by atoms with Gasteiger partial charge in [0.1, 0.15) is 6.04 Å². The average molecular weight is 347 g/mol. The summed E-state index contributed by atoms with van der Waals surface area (Å²) in [6.07, 6.45) is 0. The van der Waals surface area contributed by atoms with Crippen LogP contribution in [-0.2, 0) is 9.53 Å². The van der Waals surface area contributed by atoms with Gasteiger partial charge in [-0.3, -0.25) is 15.1 Å². The maximum Gasteiger partial charge on any atom is 0.253 e. The molecule has 1 aliphatic heterocycles. The molecule has 0 radical (unpaired) electrons. The van der Waals surface area contributed by atoms with Crippen molar-refractivity contribution in [3.8, 4) is 0 Å². The van der Waals surface area contributed by atoms with Gasteiger partial charge in [-0.05, 0) is 12.1 Å². The number of carbonyl (C=O) groups excluding carboxylic acids is 1. The van der Waals surface area contributed by atoms with Crippen LogP contribution in [0, 0.1) is 0 Å². The van der Waals surface area contributed by atoms with Gasteiger partial charge in [-0.2, -0.15) is 0 Å². The predicted octanol–water partition coefficient (Wildman–Crippen LogP) is 1.87. The Labute approximate surface area is 124 Å². The van der Waals surface area contributed by atoms with Gasteiger partial charge in [-0.15, -0.1) is 0 Å². The number of amides is 1. The van der Waals surface area contributed by atoms with Gasteiger partial charge in [-0.25, -0.2) is 0 Å². The van der Waals surface area contributed by atoms with Gasteiger partial charge >= 0.3 is 0 Å². The molecular formula is C12H13BrClN3O2. The fourth-order valence-electron chi connectivity index (χ4n) is 1.72. The molecule has 0 spiro atoms. The summed E-state index contributed by atoms with van der Waals surface area (Å²) in [5.74, 6) is 0.284. The second-order valence-corrected chi connectivity index (χ2v) is 5.28. The first-order valence-corrected chi connectivity index (χ1v) is 6.84. The maximum atomic E-state index is 11.9. The van der Waals surface area contributed by atoms with Crippen molar-refractivity contribution in [2.24, 2.45) is 4.99 Å². The van der Waals surface area contributed by atoms with Crippen molar-refractivity contribution in [2.75, 3.05) is 20.3 Å². The maximum absolute atomic E-state index is 11.9. The van der Waals surface area contributed by atoms with Crippen molar-refractivity contribution < 1.29 is 9.53 Å². The number of nitrogens with one attached hydrogen (secondary N) is 2. The molecule has 19 heavy (non-hydrogen) atoms. The molecule has 1 fully saturated rings. The quantitative estimate of drug-likeness (QED) is 0.818. The Bertz CT molecular complexity index is 522. The van der Waals surface area contributed by atoms with E-state index in [2.05, 4.69) is 31.6 Å². The van der Waals surface area contributed by atoms with Crippen molar-refractivity contribution in [3.05, 3.63) is 33.3 Å². The molecule has 1 amide bonds. The van der Waals surface area contributed by atoms with Gasteiger partial charge in [0.25, 0.3) is 5.91 Å². The first-order chi connectivity index (χ1) is 9.11. The van der Waals surface area contributed by atoms with Crippen LogP contribution in [0.1, 0.15) is 11.6 Å². The Balaban J connectivity index is 2.13. The second kappa shape index (κ2) is 6.36. The zero-order valence-corrected chi connectivity index (χ0v) is 12.6. The fraction of sp³-hybridized carbons (Fsp3) is 0.333. The Hall–Kier alpha value is -1.11. The predicted molar refractivity (Wildman–Crippen MR) is 77.3 cm³/mol. The van der Waals surface area contributed by atoms with Crippen molar-refractivity contribution in [3.63, 3.8) is 0 Å². The van der Waals surface area contributed by atoms with Gasteiger partial charge in [-0.1, -0.05) is 33.6 Å². The average Bonchev–Trinajstić information content (AvgIpc) is 2.71. The van der Waals surface area contributed by atoms with Crippen LogP contribution in [0.3, 0.4) is 0 Å². The molecule has 7 heteroatoms. The Morgan fingerprint density at radius 3 is 3.00 bits per heavy atom. The zero-order chi connectivity index (χ0) is 13.8. The van der Waals surface area contributed by atoms with Crippen LogP contribution in [0.4, 0.5) is 0 Å². The minimum Gasteiger partial charge on any atom is -0.383 e. The number of nitrogens with zero attached hydrogens (tertiary/aromatic N) is 1. The molecule has 0 aromatic heterocycles. The van der Waals surface area contributed by atoms with Crippen molar-refractivity contribution in [2.45, 2.75) is 6.04 Å². The normalized spacial score (nSPS) is 20.5. The molecule has 0 aliphatic carbocycles.